The quantitative estimate of drug-likeness (QED) is 0.431. The molecule has 0 saturated carbocycles. The molecule has 0 radical (unpaired) electrons. The fourth-order valence-corrected chi connectivity index (χ4v) is 2.51. The van der Waals surface area contributed by atoms with Gasteiger partial charge >= 0.3 is 0 Å². The highest BCUT2D eigenvalue weighted by atomic mass is 79.9. The molecule has 0 aliphatic carbocycles. The van der Waals surface area contributed by atoms with Gasteiger partial charge in [-0.1, -0.05) is 12.1 Å². The third kappa shape index (κ3) is 4.04. The van der Waals surface area contributed by atoms with Gasteiger partial charge in [-0.15, -0.1) is 0 Å². The molecule has 0 amide bonds. The van der Waals surface area contributed by atoms with Gasteiger partial charge in [-0.05, 0) is 62.1 Å². The fourth-order valence-electron chi connectivity index (χ4n) is 2.13. The van der Waals surface area contributed by atoms with Gasteiger partial charge in [0.25, 0.3) is 0 Å². The molecule has 9 heteroatoms. The van der Waals surface area contributed by atoms with Crippen molar-refractivity contribution in [2.45, 2.75) is 6.54 Å². The van der Waals surface area contributed by atoms with Crippen LogP contribution < -0.4 is 10.6 Å². The average molecular weight is 415 g/mol. The minimum Gasteiger partial charge on any atom is -0.361 e. The molecule has 3 rings (SSSR count). The maximum Gasteiger partial charge on any atom is 0.202 e. The highest BCUT2D eigenvalue weighted by molar-refractivity contribution is 9.10. The van der Waals surface area contributed by atoms with Crippen LogP contribution in [0.25, 0.3) is 0 Å². The van der Waals surface area contributed by atoms with Gasteiger partial charge in [-0.2, -0.15) is 5.26 Å². The molecule has 3 aromatic rings. The number of halogens is 2. The van der Waals surface area contributed by atoms with Crippen molar-refractivity contribution in [2.24, 2.45) is 0 Å². The molecule has 0 fully saturated rings. The standard InChI is InChI=1S/C17H12BrFN6O/c18-13-7-12(5-6-14(13)19)23-16(21)15-17(25-26-24-15)22-9-11-3-1-10(8-20)2-4-11/h1-7H,9H2,(H2,21,23)(H,22,25). The van der Waals surface area contributed by atoms with E-state index < -0.39 is 5.82 Å². The van der Waals surface area contributed by atoms with Gasteiger partial charge in [0.15, 0.2) is 11.5 Å². The van der Waals surface area contributed by atoms with Gasteiger partial charge in [-0.25, -0.2) is 9.02 Å². The van der Waals surface area contributed by atoms with Crippen molar-refractivity contribution in [2.75, 3.05) is 10.6 Å². The second-order valence-corrected chi connectivity index (χ2v) is 6.11. The van der Waals surface area contributed by atoms with Crippen molar-refractivity contribution >= 4 is 33.3 Å². The average Bonchev–Trinajstić information content (AvgIpc) is 3.12. The normalized spacial score (nSPS) is 10.2. The molecular weight excluding hydrogens is 403 g/mol. The van der Waals surface area contributed by atoms with Crippen LogP contribution in [0.5, 0.6) is 0 Å². The Morgan fingerprint density at radius 1 is 1.23 bits per heavy atom. The molecule has 0 aliphatic heterocycles. The number of rotatable bonds is 5. The van der Waals surface area contributed by atoms with Crippen molar-refractivity contribution in [3.8, 4) is 6.07 Å². The van der Waals surface area contributed by atoms with Crippen LogP contribution in [-0.4, -0.2) is 16.1 Å². The Kier molecular flexibility index (Phi) is 5.24. The Hall–Kier alpha value is -3.25. The molecule has 0 atom stereocenters. The molecule has 0 bridgehead atoms. The number of nitrogens with zero attached hydrogens (tertiary/aromatic N) is 3. The number of benzene rings is 2. The topological polar surface area (TPSA) is 111 Å². The van der Waals surface area contributed by atoms with E-state index in [9.17, 15) is 4.39 Å². The summed E-state index contributed by atoms with van der Waals surface area (Å²) in [4.78, 5) is 0. The van der Waals surface area contributed by atoms with Crippen LogP contribution in [0.4, 0.5) is 15.9 Å². The molecular formula is C17H12BrFN6O. The summed E-state index contributed by atoms with van der Waals surface area (Å²) in [5.74, 6) is -0.143. The largest absolute Gasteiger partial charge is 0.361 e. The SMILES string of the molecule is N#Cc1ccc(CNc2nonc2C(=N)Nc2ccc(F)c(Br)c2)cc1. The van der Waals surface area contributed by atoms with E-state index in [0.29, 0.717) is 23.6 Å². The number of amidine groups is 1. The zero-order valence-corrected chi connectivity index (χ0v) is 14.8. The zero-order valence-electron chi connectivity index (χ0n) is 13.3. The van der Waals surface area contributed by atoms with Crippen molar-refractivity contribution < 1.29 is 9.02 Å². The van der Waals surface area contributed by atoms with Crippen LogP contribution in [0, 0.1) is 22.6 Å². The molecule has 7 nitrogen and oxygen atoms in total. The lowest BCUT2D eigenvalue weighted by molar-refractivity contribution is 0.307. The summed E-state index contributed by atoms with van der Waals surface area (Å²) in [5.41, 5.74) is 2.22. The second-order valence-electron chi connectivity index (χ2n) is 5.25. The number of anilines is 2. The molecule has 130 valence electrons. The maximum atomic E-state index is 13.3. The van der Waals surface area contributed by atoms with Crippen LogP contribution in [-0.2, 0) is 6.54 Å². The van der Waals surface area contributed by atoms with Gasteiger partial charge in [0, 0.05) is 12.2 Å². The van der Waals surface area contributed by atoms with Crippen LogP contribution >= 0.6 is 15.9 Å². The minimum absolute atomic E-state index is 0.0490. The summed E-state index contributed by atoms with van der Waals surface area (Å²) in [6, 6.07) is 13.4. The minimum atomic E-state index is -0.394. The fraction of sp³-hybridized carbons (Fsp3) is 0.0588. The van der Waals surface area contributed by atoms with E-state index in [1.807, 2.05) is 12.1 Å². The van der Waals surface area contributed by atoms with E-state index in [4.69, 9.17) is 15.3 Å². The highest BCUT2D eigenvalue weighted by Gasteiger charge is 2.15. The number of nitrogens with one attached hydrogen (secondary N) is 3. The van der Waals surface area contributed by atoms with Crippen molar-refractivity contribution in [1.29, 1.82) is 10.7 Å². The van der Waals surface area contributed by atoms with E-state index >= 15 is 0 Å². The maximum absolute atomic E-state index is 13.3. The molecule has 0 aliphatic rings. The number of hydrogen-bond acceptors (Lipinski definition) is 6. The predicted octanol–water partition coefficient (Wildman–Crippen LogP) is 3.89. The summed E-state index contributed by atoms with van der Waals surface area (Å²) >= 11 is 3.10. The first kappa shape index (κ1) is 17.6. The first-order chi connectivity index (χ1) is 12.6. The molecule has 2 aromatic carbocycles. The number of nitriles is 1. The van der Waals surface area contributed by atoms with Gasteiger partial charge < -0.3 is 10.6 Å². The molecule has 0 unspecified atom stereocenters. The smallest absolute Gasteiger partial charge is 0.202 e. The third-order valence-electron chi connectivity index (χ3n) is 3.46. The van der Waals surface area contributed by atoms with Crippen molar-refractivity contribution in [3.05, 3.63) is 69.6 Å². The molecule has 1 aromatic heterocycles. The summed E-state index contributed by atoms with van der Waals surface area (Å²) < 4.78 is 18.3. The Morgan fingerprint density at radius 2 is 2.00 bits per heavy atom. The molecule has 3 N–H and O–H groups in total. The zero-order chi connectivity index (χ0) is 18.5. The van der Waals surface area contributed by atoms with E-state index in [1.165, 1.54) is 18.2 Å². The Morgan fingerprint density at radius 3 is 2.69 bits per heavy atom. The van der Waals surface area contributed by atoms with Crippen LogP contribution in [0.2, 0.25) is 0 Å². The lowest BCUT2D eigenvalue weighted by atomic mass is 10.1. The summed E-state index contributed by atoms with van der Waals surface area (Å²) in [6.07, 6.45) is 0. The number of hydrogen-bond donors (Lipinski definition) is 3. The molecule has 26 heavy (non-hydrogen) atoms. The van der Waals surface area contributed by atoms with E-state index in [2.05, 4.69) is 42.9 Å². The first-order valence-electron chi connectivity index (χ1n) is 7.43. The summed E-state index contributed by atoms with van der Waals surface area (Å²) in [7, 11) is 0. The van der Waals surface area contributed by atoms with Gasteiger partial charge in [0.1, 0.15) is 5.82 Å². The van der Waals surface area contributed by atoms with Crippen LogP contribution in [0.3, 0.4) is 0 Å². The third-order valence-corrected chi connectivity index (χ3v) is 4.06. The molecule has 1 heterocycles. The van der Waals surface area contributed by atoms with Crippen molar-refractivity contribution in [1.82, 2.24) is 10.3 Å². The van der Waals surface area contributed by atoms with Crippen LogP contribution in [0.15, 0.2) is 51.6 Å². The monoisotopic (exact) mass is 414 g/mol. The van der Waals surface area contributed by atoms with Gasteiger partial charge in [0.05, 0.1) is 16.1 Å². The van der Waals surface area contributed by atoms with E-state index in [1.54, 1.807) is 12.1 Å². The van der Waals surface area contributed by atoms with Crippen LogP contribution in [0.1, 0.15) is 16.8 Å². The predicted molar refractivity (Wildman–Crippen MR) is 97.3 cm³/mol. The molecule has 0 spiro atoms. The summed E-state index contributed by atoms with van der Waals surface area (Å²) in [5, 5.41) is 30.3. The van der Waals surface area contributed by atoms with Gasteiger partial charge in [-0.3, -0.25) is 5.41 Å². The Bertz CT molecular complexity index is 980. The lowest BCUT2D eigenvalue weighted by Crippen LogP contribution is -2.15. The Labute approximate surface area is 156 Å². The number of aromatic nitrogens is 2. The highest BCUT2D eigenvalue weighted by Crippen LogP contribution is 2.21. The lowest BCUT2D eigenvalue weighted by Gasteiger charge is -2.08. The van der Waals surface area contributed by atoms with Crippen molar-refractivity contribution in [3.63, 3.8) is 0 Å². The first-order valence-corrected chi connectivity index (χ1v) is 8.22. The van der Waals surface area contributed by atoms with E-state index in [0.717, 1.165) is 5.56 Å². The second kappa shape index (κ2) is 7.76. The van der Waals surface area contributed by atoms with Gasteiger partial charge in [0.2, 0.25) is 5.82 Å². The summed E-state index contributed by atoms with van der Waals surface area (Å²) in [6.45, 7) is 0.419. The Balaban J connectivity index is 1.68. The molecule has 0 saturated heterocycles. The van der Waals surface area contributed by atoms with E-state index in [-0.39, 0.29) is 16.0 Å².